The number of hydrogen-bond acceptors (Lipinski definition) is 5. The first kappa shape index (κ1) is 17.9. The number of nitrogens with zero attached hydrogens (tertiary/aromatic N) is 2. The van der Waals surface area contributed by atoms with Crippen LogP contribution in [0.5, 0.6) is 5.75 Å². The molecule has 4 rings (SSSR count). The van der Waals surface area contributed by atoms with Crippen molar-refractivity contribution in [3.63, 3.8) is 0 Å². The number of ether oxygens (including phenoxy) is 1. The molecule has 1 aromatic carbocycles. The summed E-state index contributed by atoms with van der Waals surface area (Å²) in [5, 5.41) is 5.16. The van der Waals surface area contributed by atoms with Crippen LogP contribution in [0.15, 0.2) is 47.2 Å². The molecule has 0 fully saturated rings. The lowest BCUT2D eigenvalue weighted by Gasteiger charge is -2.25. The molecule has 27 heavy (non-hydrogen) atoms. The number of benzene rings is 1. The molecule has 1 aliphatic heterocycles. The average Bonchev–Trinajstić information content (AvgIpc) is 3.33. The zero-order chi connectivity index (χ0) is 18.6. The number of fused-ring (bicyclic) bond motifs is 1. The molecular weight excluding hydrogens is 376 g/mol. The normalized spacial score (nSPS) is 13.7. The summed E-state index contributed by atoms with van der Waals surface area (Å²) in [6.45, 7) is 3.96. The number of rotatable bonds is 5. The summed E-state index contributed by atoms with van der Waals surface area (Å²) in [7, 11) is 0. The summed E-state index contributed by atoms with van der Waals surface area (Å²) in [4.78, 5) is 20.1. The van der Waals surface area contributed by atoms with Gasteiger partial charge < -0.3 is 9.64 Å². The van der Waals surface area contributed by atoms with Gasteiger partial charge in [0.2, 0.25) is 5.91 Å². The highest BCUT2D eigenvalue weighted by Crippen LogP contribution is 2.24. The Balaban J connectivity index is 1.32. The fraction of sp³-hybridized carbons (Fsp3) is 0.238. The third-order valence-corrected chi connectivity index (χ3v) is 6.32. The minimum Gasteiger partial charge on any atom is -0.487 e. The van der Waals surface area contributed by atoms with E-state index in [4.69, 9.17) is 4.74 Å². The maximum atomic E-state index is 12.4. The summed E-state index contributed by atoms with van der Waals surface area (Å²) < 4.78 is 5.75. The van der Waals surface area contributed by atoms with Crippen LogP contribution in [0.25, 0.3) is 6.08 Å². The van der Waals surface area contributed by atoms with Crippen molar-refractivity contribution in [3.8, 4) is 5.75 Å². The highest BCUT2D eigenvalue weighted by Gasteiger charge is 2.19. The van der Waals surface area contributed by atoms with Gasteiger partial charge in [0.1, 0.15) is 12.4 Å². The number of thiazole rings is 1. The third-order valence-electron chi connectivity index (χ3n) is 4.47. The molecule has 2 aromatic heterocycles. The average molecular weight is 397 g/mol. The first-order chi connectivity index (χ1) is 13.2. The Kier molecular flexibility index (Phi) is 5.36. The first-order valence-corrected chi connectivity index (χ1v) is 10.6. The van der Waals surface area contributed by atoms with E-state index in [9.17, 15) is 4.79 Å². The van der Waals surface area contributed by atoms with Gasteiger partial charge in [0.15, 0.2) is 0 Å². The second kappa shape index (κ2) is 8.06. The zero-order valence-corrected chi connectivity index (χ0v) is 16.7. The lowest BCUT2D eigenvalue weighted by atomic mass is 10.1. The number of hydrogen-bond donors (Lipinski definition) is 0. The molecule has 6 heteroatoms. The van der Waals surface area contributed by atoms with Crippen molar-refractivity contribution in [2.75, 3.05) is 6.54 Å². The lowest BCUT2D eigenvalue weighted by Crippen LogP contribution is -2.34. The van der Waals surface area contributed by atoms with Crippen LogP contribution < -0.4 is 4.74 Å². The Labute approximate surface area is 166 Å². The van der Waals surface area contributed by atoms with Gasteiger partial charge in [0.05, 0.1) is 10.7 Å². The highest BCUT2D eigenvalue weighted by molar-refractivity contribution is 7.10. The molecule has 0 spiro atoms. The molecule has 0 aliphatic carbocycles. The van der Waals surface area contributed by atoms with Crippen molar-refractivity contribution in [1.82, 2.24) is 9.88 Å². The minimum atomic E-state index is 0.0612. The Morgan fingerprint density at radius 2 is 2.11 bits per heavy atom. The molecule has 1 aliphatic rings. The van der Waals surface area contributed by atoms with Gasteiger partial charge in [-0.25, -0.2) is 4.98 Å². The van der Waals surface area contributed by atoms with E-state index in [0.29, 0.717) is 13.2 Å². The summed E-state index contributed by atoms with van der Waals surface area (Å²) in [6.07, 6.45) is 4.47. The molecule has 0 unspecified atom stereocenters. The lowest BCUT2D eigenvalue weighted by molar-refractivity contribution is -0.126. The molecule has 0 N–H and O–H groups in total. The Bertz CT molecular complexity index is 957. The van der Waals surface area contributed by atoms with E-state index in [1.165, 1.54) is 10.4 Å². The van der Waals surface area contributed by atoms with E-state index in [0.717, 1.165) is 35.0 Å². The van der Waals surface area contributed by atoms with Crippen molar-refractivity contribution < 1.29 is 9.53 Å². The van der Waals surface area contributed by atoms with Gasteiger partial charge in [-0.3, -0.25) is 4.79 Å². The molecule has 4 nitrogen and oxygen atoms in total. The predicted molar refractivity (Wildman–Crippen MR) is 110 cm³/mol. The summed E-state index contributed by atoms with van der Waals surface area (Å²) >= 11 is 3.41. The third kappa shape index (κ3) is 4.46. The Morgan fingerprint density at radius 3 is 2.89 bits per heavy atom. The summed E-state index contributed by atoms with van der Waals surface area (Å²) in [5.41, 5.74) is 3.21. The quantitative estimate of drug-likeness (QED) is 0.588. The zero-order valence-electron chi connectivity index (χ0n) is 15.1. The van der Waals surface area contributed by atoms with Crippen molar-refractivity contribution in [1.29, 1.82) is 0 Å². The largest absolute Gasteiger partial charge is 0.487 e. The van der Waals surface area contributed by atoms with Crippen LogP contribution in [0, 0.1) is 6.92 Å². The van der Waals surface area contributed by atoms with Gasteiger partial charge in [0.25, 0.3) is 0 Å². The van der Waals surface area contributed by atoms with E-state index >= 15 is 0 Å². The molecule has 0 radical (unpaired) electrons. The molecule has 3 heterocycles. The second-order valence-electron chi connectivity index (χ2n) is 6.43. The van der Waals surface area contributed by atoms with Crippen LogP contribution in [0.2, 0.25) is 0 Å². The summed E-state index contributed by atoms with van der Waals surface area (Å²) in [5.74, 6) is 0.858. The van der Waals surface area contributed by atoms with Crippen molar-refractivity contribution in [3.05, 3.63) is 73.9 Å². The molecular formula is C21H20N2O2S2. The van der Waals surface area contributed by atoms with E-state index in [2.05, 4.69) is 16.4 Å². The molecule has 1 amide bonds. The van der Waals surface area contributed by atoms with E-state index in [1.54, 1.807) is 28.7 Å². The van der Waals surface area contributed by atoms with Crippen molar-refractivity contribution in [2.24, 2.45) is 0 Å². The van der Waals surface area contributed by atoms with Crippen molar-refractivity contribution in [2.45, 2.75) is 26.5 Å². The molecule has 0 bridgehead atoms. The molecule has 0 atom stereocenters. The SMILES string of the molecule is Cc1nc(COc2ccc(/C=C/C(=O)N3CCc4sccc4C3)cc2)cs1. The maximum absolute atomic E-state index is 12.4. The fourth-order valence-electron chi connectivity index (χ4n) is 3.02. The van der Waals surface area contributed by atoms with Crippen LogP contribution >= 0.6 is 22.7 Å². The first-order valence-electron chi connectivity index (χ1n) is 8.83. The Morgan fingerprint density at radius 1 is 1.26 bits per heavy atom. The smallest absolute Gasteiger partial charge is 0.246 e. The van der Waals surface area contributed by atoms with Gasteiger partial charge in [-0.15, -0.1) is 22.7 Å². The summed E-state index contributed by atoms with van der Waals surface area (Å²) in [6, 6.07) is 9.87. The molecule has 0 saturated carbocycles. The maximum Gasteiger partial charge on any atom is 0.246 e. The highest BCUT2D eigenvalue weighted by atomic mass is 32.1. The van der Waals surface area contributed by atoms with Crippen LogP contribution in [0.3, 0.4) is 0 Å². The topological polar surface area (TPSA) is 42.4 Å². The van der Waals surface area contributed by atoms with Crippen LogP contribution in [-0.4, -0.2) is 22.3 Å². The number of aromatic nitrogens is 1. The van der Waals surface area contributed by atoms with Crippen LogP contribution in [0.4, 0.5) is 0 Å². The molecule has 3 aromatic rings. The standard InChI is InChI=1S/C21H20N2O2S2/c1-15-22-18(14-27-15)13-25-19-5-2-16(3-6-19)4-7-21(24)23-10-8-20-17(12-23)9-11-26-20/h2-7,9,11,14H,8,10,12-13H2,1H3/b7-4+. The van der Waals surface area contributed by atoms with Gasteiger partial charge in [0, 0.05) is 29.4 Å². The second-order valence-corrected chi connectivity index (χ2v) is 8.49. The Hall–Kier alpha value is -2.44. The van der Waals surface area contributed by atoms with Gasteiger partial charge in [-0.05, 0) is 54.1 Å². The number of amides is 1. The number of carbonyl (C=O) groups excluding carboxylic acids is 1. The molecule has 0 saturated heterocycles. The number of carbonyl (C=O) groups is 1. The van der Waals surface area contributed by atoms with E-state index < -0.39 is 0 Å². The number of aryl methyl sites for hydroxylation is 1. The van der Waals surface area contributed by atoms with E-state index in [1.807, 2.05) is 47.5 Å². The van der Waals surface area contributed by atoms with Crippen molar-refractivity contribution >= 4 is 34.7 Å². The van der Waals surface area contributed by atoms with Crippen LogP contribution in [-0.2, 0) is 24.4 Å². The monoisotopic (exact) mass is 396 g/mol. The minimum absolute atomic E-state index is 0.0612. The van der Waals surface area contributed by atoms with Gasteiger partial charge in [-0.1, -0.05) is 12.1 Å². The molecule has 138 valence electrons. The van der Waals surface area contributed by atoms with E-state index in [-0.39, 0.29) is 5.91 Å². The van der Waals surface area contributed by atoms with Gasteiger partial charge >= 0.3 is 0 Å². The predicted octanol–water partition coefficient (Wildman–Crippen LogP) is 4.69. The number of thiophene rings is 1. The van der Waals surface area contributed by atoms with Gasteiger partial charge in [-0.2, -0.15) is 0 Å². The fourth-order valence-corrected chi connectivity index (χ4v) is 4.50. The van der Waals surface area contributed by atoms with Crippen LogP contribution in [0.1, 0.15) is 26.7 Å².